The average Bonchev–Trinajstić information content (AvgIpc) is 2.17. The summed E-state index contributed by atoms with van der Waals surface area (Å²) >= 11 is 1.90. The van der Waals surface area contributed by atoms with Crippen LogP contribution in [0.3, 0.4) is 0 Å². The molecule has 0 saturated carbocycles. The van der Waals surface area contributed by atoms with Crippen molar-refractivity contribution in [3.8, 4) is 0 Å². The SMILES string of the molecule is CCC(C)Sc1cc(C)nc(C)c1CN. The van der Waals surface area contributed by atoms with Gasteiger partial charge in [-0.15, -0.1) is 11.8 Å². The van der Waals surface area contributed by atoms with Crippen molar-refractivity contribution in [2.24, 2.45) is 5.73 Å². The number of thioether (sulfide) groups is 1. The highest BCUT2D eigenvalue weighted by atomic mass is 32.2. The van der Waals surface area contributed by atoms with Gasteiger partial charge in [0.2, 0.25) is 0 Å². The summed E-state index contributed by atoms with van der Waals surface area (Å²) in [5, 5.41) is 0.636. The third-order valence-electron chi connectivity index (χ3n) is 2.53. The molecule has 0 fully saturated rings. The van der Waals surface area contributed by atoms with Crippen LogP contribution in [0.25, 0.3) is 0 Å². The fraction of sp³-hybridized carbons (Fsp3) is 0.583. The van der Waals surface area contributed by atoms with Crippen LogP contribution >= 0.6 is 11.8 Å². The number of pyridine rings is 1. The molecule has 2 nitrogen and oxygen atoms in total. The summed E-state index contributed by atoms with van der Waals surface area (Å²) in [7, 11) is 0. The molecule has 0 aliphatic rings. The Morgan fingerprint density at radius 2 is 2.13 bits per heavy atom. The van der Waals surface area contributed by atoms with E-state index >= 15 is 0 Å². The molecule has 1 aromatic rings. The summed E-state index contributed by atoms with van der Waals surface area (Å²) in [6.07, 6.45) is 1.18. The smallest absolute Gasteiger partial charge is 0.0431 e. The predicted octanol–water partition coefficient (Wildman–Crippen LogP) is 3.05. The molecular weight excluding hydrogens is 204 g/mol. The first-order valence-corrected chi connectivity index (χ1v) is 6.30. The van der Waals surface area contributed by atoms with Crippen LogP contribution in [0, 0.1) is 13.8 Å². The molecule has 1 aromatic heterocycles. The zero-order chi connectivity index (χ0) is 11.4. The average molecular weight is 224 g/mol. The van der Waals surface area contributed by atoms with E-state index < -0.39 is 0 Å². The molecule has 0 bridgehead atoms. The number of nitrogens with two attached hydrogens (primary N) is 1. The highest BCUT2D eigenvalue weighted by Gasteiger charge is 2.10. The molecule has 1 heterocycles. The molecule has 0 amide bonds. The van der Waals surface area contributed by atoms with Gasteiger partial charge in [0.25, 0.3) is 0 Å². The summed E-state index contributed by atoms with van der Waals surface area (Å²) in [6, 6.07) is 2.14. The van der Waals surface area contributed by atoms with E-state index in [0.717, 1.165) is 11.4 Å². The van der Waals surface area contributed by atoms with Crippen LogP contribution in [-0.2, 0) is 6.54 Å². The Balaban J connectivity index is 3.03. The van der Waals surface area contributed by atoms with E-state index in [2.05, 4.69) is 24.9 Å². The Bertz CT molecular complexity index is 337. The standard InChI is InChI=1S/C12H20N2S/c1-5-9(3)15-12-6-8(2)14-10(4)11(12)7-13/h6,9H,5,7,13H2,1-4H3. The monoisotopic (exact) mass is 224 g/mol. The second kappa shape index (κ2) is 5.52. The third kappa shape index (κ3) is 3.21. The lowest BCUT2D eigenvalue weighted by molar-refractivity contribution is 0.895. The first kappa shape index (κ1) is 12.5. The van der Waals surface area contributed by atoms with Crippen molar-refractivity contribution in [2.75, 3.05) is 0 Å². The normalized spacial score (nSPS) is 12.9. The summed E-state index contributed by atoms with van der Waals surface area (Å²) in [4.78, 5) is 5.75. The van der Waals surface area contributed by atoms with Crippen LogP contribution in [-0.4, -0.2) is 10.2 Å². The summed E-state index contributed by atoms with van der Waals surface area (Å²) in [6.45, 7) is 9.11. The molecule has 84 valence electrons. The van der Waals surface area contributed by atoms with Crippen LogP contribution in [0.2, 0.25) is 0 Å². The van der Waals surface area contributed by atoms with Gasteiger partial charge in [-0.25, -0.2) is 0 Å². The maximum atomic E-state index is 5.77. The first-order valence-electron chi connectivity index (χ1n) is 5.42. The van der Waals surface area contributed by atoms with E-state index in [9.17, 15) is 0 Å². The van der Waals surface area contributed by atoms with Gasteiger partial charge in [0.05, 0.1) is 0 Å². The molecule has 0 radical (unpaired) electrons. The van der Waals surface area contributed by atoms with Gasteiger partial charge < -0.3 is 5.73 Å². The van der Waals surface area contributed by atoms with Crippen molar-refractivity contribution in [1.82, 2.24) is 4.98 Å². The lowest BCUT2D eigenvalue weighted by Crippen LogP contribution is -2.06. The number of aromatic nitrogens is 1. The maximum absolute atomic E-state index is 5.77. The number of hydrogen-bond donors (Lipinski definition) is 1. The molecule has 1 atom stereocenters. The molecule has 0 spiro atoms. The van der Waals surface area contributed by atoms with Gasteiger partial charge in [-0.1, -0.05) is 13.8 Å². The quantitative estimate of drug-likeness (QED) is 0.799. The topological polar surface area (TPSA) is 38.9 Å². The van der Waals surface area contributed by atoms with E-state index in [-0.39, 0.29) is 0 Å². The molecule has 2 N–H and O–H groups in total. The van der Waals surface area contributed by atoms with Crippen molar-refractivity contribution >= 4 is 11.8 Å². The first-order chi connectivity index (χ1) is 7.08. The van der Waals surface area contributed by atoms with E-state index in [1.165, 1.54) is 16.9 Å². The van der Waals surface area contributed by atoms with Gasteiger partial charge in [-0.2, -0.15) is 0 Å². The zero-order valence-electron chi connectivity index (χ0n) is 10.0. The minimum absolute atomic E-state index is 0.581. The Hall–Kier alpha value is -0.540. The molecular formula is C12H20N2S. The molecule has 15 heavy (non-hydrogen) atoms. The van der Waals surface area contributed by atoms with Crippen molar-refractivity contribution in [3.63, 3.8) is 0 Å². The Morgan fingerprint density at radius 3 is 2.67 bits per heavy atom. The molecule has 3 heteroatoms. The number of hydrogen-bond acceptors (Lipinski definition) is 3. The zero-order valence-corrected chi connectivity index (χ0v) is 10.8. The molecule has 1 unspecified atom stereocenters. The van der Waals surface area contributed by atoms with Crippen LogP contribution in [0.5, 0.6) is 0 Å². The van der Waals surface area contributed by atoms with Crippen molar-refractivity contribution in [2.45, 2.75) is 50.8 Å². The number of aryl methyl sites for hydroxylation is 2. The molecule has 1 rings (SSSR count). The second-order valence-corrected chi connectivity index (χ2v) is 5.35. The summed E-state index contributed by atoms with van der Waals surface area (Å²) < 4.78 is 0. The largest absolute Gasteiger partial charge is 0.326 e. The van der Waals surface area contributed by atoms with Crippen molar-refractivity contribution < 1.29 is 0 Å². The van der Waals surface area contributed by atoms with Gasteiger partial charge in [0, 0.05) is 33.6 Å². The number of nitrogens with zero attached hydrogens (tertiary/aromatic N) is 1. The van der Waals surface area contributed by atoms with E-state index in [1.807, 2.05) is 25.6 Å². The van der Waals surface area contributed by atoms with E-state index in [0.29, 0.717) is 11.8 Å². The minimum atomic E-state index is 0.581. The van der Waals surface area contributed by atoms with E-state index in [4.69, 9.17) is 5.73 Å². The van der Waals surface area contributed by atoms with Gasteiger partial charge in [0.15, 0.2) is 0 Å². The van der Waals surface area contributed by atoms with Gasteiger partial charge in [-0.05, 0) is 26.3 Å². The Labute approximate surface area is 96.7 Å². The highest BCUT2D eigenvalue weighted by molar-refractivity contribution is 8.00. The Morgan fingerprint density at radius 1 is 1.47 bits per heavy atom. The molecule has 0 aromatic carbocycles. The number of rotatable bonds is 4. The molecule has 0 aliphatic carbocycles. The lowest BCUT2D eigenvalue weighted by Gasteiger charge is -2.14. The minimum Gasteiger partial charge on any atom is -0.326 e. The summed E-state index contributed by atoms with van der Waals surface area (Å²) in [5.41, 5.74) is 9.12. The van der Waals surface area contributed by atoms with E-state index in [1.54, 1.807) is 0 Å². The van der Waals surface area contributed by atoms with Crippen LogP contribution < -0.4 is 5.73 Å². The van der Waals surface area contributed by atoms with Crippen LogP contribution in [0.15, 0.2) is 11.0 Å². The molecule has 0 aliphatic heterocycles. The Kier molecular flexibility index (Phi) is 4.61. The van der Waals surface area contributed by atoms with Crippen LogP contribution in [0.1, 0.15) is 37.2 Å². The van der Waals surface area contributed by atoms with Gasteiger partial charge >= 0.3 is 0 Å². The van der Waals surface area contributed by atoms with Crippen LogP contribution in [0.4, 0.5) is 0 Å². The fourth-order valence-corrected chi connectivity index (χ4v) is 2.68. The summed E-state index contributed by atoms with van der Waals surface area (Å²) in [5.74, 6) is 0. The lowest BCUT2D eigenvalue weighted by atomic mass is 10.2. The molecule has 0 saturated heterocycles. The fourth-order valence-electron chi connectivity index (χ4n) is 1.47. The third-order valence-corrected chi connectivity index (χ3v) is 3.88. The highest BCUT2D eigenvalue weighted by Crippen LogP contribution is 2.29. The predicted molar refractivity (Wildman–Crippen MR) is 67.2 cm³/mol. The van der Waals surface area contributed by atoms with Gasteiger partial charge in [0.1, 0.15) is 0 Å². The van der Waals surface area contributed by atoms with Gasteiger partial charge in [-0.3, -0.25) is 4.98 Å². The van der Waals surface area contributed by atoms with Crippen molar-refractivity contribution in [3.05, 3.63) is 23.0 Å². The maximum Gasteiger partial charge on any atom is 0.0431 e. The van der Waals surface area contributed by atoms with Crippen molar-refractivity contribution in [1.29, 1.82) is 0 Å². The second-order valence-electron chi connectivity index (χ2n) is 3.87.